The Morgan fingerprint density at radius 2 is 2.23 bits per heavy atom. The molecule has 1 aliphatic heterocycles. The fraction of sp³-hybridized carbons (Fsp3) is 0.438. The average Bonchev–Trinajstić information content (AvgIpc) is 3.10. The summed E-state index contributed by atoms with van der Waals surface area (Å²) >= 11 is 0. The van der Waals surface area contributed by atoms with Gasteiger partial charge in [-0.3, -0.25) is 4.79 Å². The van der Waals surface area contributed by atoms with E-state index in [4.69, 9.17) is 9.15 Å². The van der Waals surface area contributed by atoms with Crippen LogP contribution in [0.25, 0.3) is 11.3 Å². The molecule has 0 amide bonds. The van der Waals surface area contributed by atoms with Crippen LogP contribution >= 0.6 is 0 Å². The molecule has 0 atom stereocenters. The van der Waals surface area contributed by atoms with Gasteiger partial charge in [-0.15, -0.1) is 0 Å². The van der Waals surface area contributed by atoms with Crippen LogP contribution < -0.4 is 4.90 Å². The maximum atomic E-state index is 11.8. The van der Waals surface area contributed by atoms with Gasteiger partial charge in [-0.1, -0.05) is 0 Å². The Morgan fingerprint density at radius 1 is 1.41 bits per heavy atom. The second kappa shape index (κ2) is 6.60. The van der Waals surface area contributed by atoms with Crippen LogP contribution in [-0.2, 0) is 9.53 Å². The molecule has 6 nitrogen and oxygen atoms in total. The number of nitrogens with zero attached hydrogens (tertiary/aromatic N) is 3. The molecule has 116 valence electrons. The van der Waals surface area contributed by atoms with Crippen LogP contribution in [0.3, 0.4) is 0 Å². The molecule has 0 aliphatic carbocycles. The zero-order chi connectivity index (χ0) is 15.4. The Balaban J connectivity index is 1.66. The third kappa shape index (κ3) is 3.10. The topological polar surface area (TPSA) is 68.5 Å². The highest BCUT2D eigenvalue weighted by atomic mass is 16.5. The Kier molecular flexibility index (Phi) is 4.37. The van der Waals surface area contributed by atoms with Crippen LogP contribution in [-0.4, -0.2) is 35.6 Å². The number of carbonyl (C=O) groups is 1. The molecule has 2 aromatic rings. The molecule has 0 spiro atoms. The van der Waals surface area contributed by atoms with Crippen molar-refractivity contribution in [1.82, 2.24) is 9.97 Å². The highest BCUT2D eigenvalue weighted by Crippen LogP contribution is 2.25. The van der Waals surface area contributed by atoms with E-state index < -0.39 is 0 Å². The summed E-state index contributed by atoms with van der Waals surface area (Å²) < 4.78 is 10.2. The highest BCUT2D eigenvalue weighted by molar-refractivity contribution is 5.73. The first-order valence-electron chi connectivity index (χ1n) is 7.54. The molecule has 0 bridgehead atoms. The van der Waals surface area contributed by atoms with E-state index in [1.807, 2.05) is 19.1 Å². The van der Waals surface area contributed by atoms with Crippen molar-refractivity contribution in [2.45, 2.75) is 19.8 Å². The van der Waals surface area contributed by atoms with Gasteiger partial charge >= 0.3 is 5.97 Å². The minimum atomic E-state index is -0.0797. The van der Waals surface area contributed by atoms with Crippen LogP contribution in [0.5, 0.6) is 0 Å². The minimum absolute atomic E-state index is 0.00591. The fourth-order valence-corrected chi connectivity index (χ4v) is 2.69. The Labute approximate surface area is 129 Å². The van der Waals surface area contributed by atoms with Gasteiger partial charge in [0.05, 0.1) is 30.7 Å². The Morgan fingerprint density at radius 3 is 2.91 bits per heavy atom. The lowest BCUT2D eigenvalue weighted by Gasteiger charge is -2.31. The summed E-state index contributed by atoms with van der Waals surface area (Å²) in [5.41, 5.74) is 1.77. The molecular formula is C16H19N3O3. The molecule has 0 radical (unpaired) electrons. The number of piperidine rings is 1. The van der Waals surface area contributed by atoms with Crippen molar-refractivity contribution >= 4 is 11.8 Å². The maximum Gasteiger partial charge on any atom is 0.309 e. The molecule has 0 saturated carbocycles. The van der Waals surface area contributed by atoms with Crippen molar-refractivity contribution in [1.29, 1.82) is 0 Å². The zero-order valence-corrected chi connectivity index (χ0v) is 12.6. The summed E-state index contributed by atoms with van der Waals surface area (Å²) in [7, 11) is 0. The van der Waals surface area contributed by atoms with Gasteiger partial charge in [0.15, 0.2) is 0 Å². The molecule has 3 heterocycles. The average molecular weight is 301 g/mol. The van der Waals surface area contributed by atoms with Crippen LogP contribution in [0, 0.1) is 5.92 Å². The number of esters is 1. The molecule has 0 N–H and O–H groups in total. The van der Waals surface area contributed by atoms with Crippen molar-refractivity contribution in [3.63, 3.8) is 0 Å². The summed E-state index contributed by atoms with van der Waals surface area (Å²) in [5.74, 6) is 0.809. The number of rotatable bonds is 4. The van der Waals surface area contributed by atoms with E-state index in [-0.39, 0.29) is 11.9 Å². The van der Waals surface area contributed by atoms with E-state index in [1.165, 1.54) is 0 Å². The third-order valence-corrected chi connectivity index (χ3v) is 3.91. The van der Waals surface area contributed by atoms with E-state index >= 15 is 0 Å². The number of furan rings is 1. The maximum absolute atomic E-state index is 11.8. The normalized spacial score (nSPS) is 15.8. The first-order valence-corrected chi connectivity index (χ1v) is 7.54. The van der Waals surface area contributed by atoms with E-state index in [9.17, 15) is 4.79 Å². The first kappa shape index (κ1) is 14.6. The van der Waals surface area contributed by atoms with Crippen molar-refractivity contribution in [2.24, 2.45) is 5.92 Å². The minimum Gasteiger partial charge on any atom is -0.472 e. The van der Waals surface area contributed by atoms with Gasteiger partial charge in [-0.05, 0) is 25.8 Å². The van der Waals surface area contributed by atoms with Crippen molar-refractivity contribution in [2.75, 3.05) is 24.6 Å². The SMILES string of the molecule is CCOC(=O)C1CCN(c2cc(-c3ccoc3)ncn2)CC1. The van der Waals surface area contributed by atoms with Crippen molar-refractivity contribution in [3.8, 4) is 11.3 Å². The molecule has 0 aromatic carbocycles. The molecule has 6 heteroatoms. The van der Waals surface area contributed by atoms with Crippen molar-refractivity contribution < 1.29 is 13.9 Å². The van der Waals surface area contributed by atoms with E-state index in [1.54, 1.807) is 18.9 Å². The van der Waals surface area contributed by atoms with E-state index in [0.717, 1.165) is 43.0 Å². The summed E-state index contributed by atoms with van der Waals surface area (Å²) in [4.78, 5) is 22.6. The number of aromatic nitrogens is 2. The molecule has 1 fully saturated rings. The highest BCUT2D eigenvalue weighted by Gasteiger charge is 2.26. The molecular weight excluding hydrogens is 282 g/mol. The second-order valence-electron chi connectivity index (χ2n) is 5.29. The predicted octanol–water partition coefficient (Wildman–Crippen LogP) is 2.52. The summed E-state index contributed by atoms with van der Waals surface area (Å²) in [6.07, 6.45) is 6.45. The summed E-state index contributed by atoms with van der Waals surface area (Å²) in [5, 5.41) is 0. The number of hydrogen-bond donors (Lipinski definition) is 0. The van der Waals surface area contributed by atoms with E-state index in [0.29, 0.717) is 6.61 Å². The predicted molar refractivity (Wildman–Crippen MR) is 81.3 cm³/mol. The summed E-state index contributed by atoms with van der Waals surface area (Å²) in [6.45, 7) is 3.88. The monoisotopic (exact) mass is 301 g/mol. The zero-order valence-electron chi connectivity index (χ0n) is 12.6. The number of carbonyl (C=O) groups excluding carboxylic acids is 1. The van der Waals surface area contributed by atoms with Gasteiger partial charge in [0.1, 0.15) is 12.1 Å². The molecule has 3 rings (SSSR count). The van der Waals surface area contributed by atoms with Gasteiger partial charge in [0, 0.05) is 24.7 Å². The number of ether oxygens (including phenoxy) is 1. The smallest absolute Gasteiger partial charge is 0.309 e. The summed E-state index contributed by atoms with van der Waals surface area (Å²) in [6, 6.07) is 3.83. The number of anilines is 1. The Hall–Kier alpha value is -2.37. The fourth-order valence-electron chi connectivity index (χ4n) is 2.69. The number of hydrogen-bond acceptors (Lipinski definition) is 6. The standard InChI is InChI=1S/C16H19N3O3/c1-2-22-16(20)12-3-6-19(7-4-12)15-9-14(17-11-18-15)13-5-8-21-10-13/h5,8-12H,2-4,6-7H2,1H3. The third-order valence-electron chi connectivity index (χ3n) is 3.91. The van der Waals surface area contributed by atoms with Gasteiger partial charge in [0.25, 0.3) is 0 Å². The van der Waals surface area contributed by atoms with Gasteiger partial charge < -0.3 is 14.1 Å². The van der Waals surface area contributed by atoms with Crippen molar-refractivity contribution in [3.05, 3.63) is 31.0 Å². The molecule has 2 aromatic heterocycles. The first-order chi connectivity index (χ1) is 10.8. The van der Waals surface area contributed by atoms with Crippen LogP contribution in [0.2, 0.25) is 0 Å². The molecule has 0 unspecified atom stereocenters. The lowest BCUT2D eigenvalue weighted by molar-refractivity contribution is -0.148. The van der Waals surface area contributed by atoms with Gasteiger partial charge in [0.2, 0.25) is 0 Å². The van der Waals surface area contributed by atoms with Crippen LogP contribution in [0.1, 0.15) is 19.8 Å². The van der Waals surface area contributed by atoms with E-state index in [2.05, 4.69) is 14.9 Å². The Bertz CT molecular complexity index is 619. The second-order valence-corrected chi connectivity index (χ2v) is 5.29. The lowest BCUT2D eigenvalue weighted by Crippen LogP contribution is -2.37. The quantitative estimate of drug-likeness (QED) is 0.808. The molecule has 22 heavy (non-hydrogen) atoms. The van der Waals surface area contributed by atoms with Gasteiger partial charge in [-0.25, -0.2) is 9.97 Å². The van der Waals surface area contributed by atoms with Gasteiger partial charge in [-0.2, -0.15) is 0 Å². The lowest BCUT2D eigenvalue weighted by atomic mass is 9.97. The van der Waals surface area contributed by atoms with Crippen LogP contribution in [0.15, 0.2) is 35.4 Å². The molecule has 1 aliphatic rings. The molecule has 1 saturated heterocycles. The largest absolute Gasteiger partial charge is 0.472 e. The van der Waals surface area contributed by atoms with Crippen LogP contribution in [0.4, 0.5) is 5.82 Å².